The Balaban J connectivity index is 1.52. The Hall–Kier alpha value is -3.17. The zero-order valence-electron chi connectivity index (χ0n) is 16.0. The average Bonchev–Trinajstić information content (AvgIpc) is 3.29. The summed E-state index contributed by atoms with van der Waals surface area (Å²) in [7, 11) is 0. The molecule has 30 heavy (non-hydrogen) atoms. The van der Waals surface area contributed by atoms with Crippen molar-refractivity contribution in [2.45, 2.75) is 31.2 Å². The number of ketones is 1. The van der Waals surface area contributed by atoms with E-state index in [9.17, 15) is 19.4 Å². The van der Waals surface area contributed by atoms with Gasteiger partial charge in [0.25, 0.3) is 0 Å². The standard InChI is InChI=1S/C21H21FN5O3/c1-12-7-17(20(30)18(12)28)25-21-15(9-23-11-24-21)19(29)16-5-6-27(26-16)10-13-3-2-4-14(22)8-13/h2-6,8-9,11-12,17-18,20,28,30H,1,7,10H2,(H,23,24,25)/t12-,17-,18-,20+/m1/s1. The van der Waals surface area contributed by atoms with Gasteiger partial charge < -0.3 is 15.5 Å². The van der Waals surface area contributed by atoms with Crippen LogP contribution in [0.15, 0.2) is 49.1 Å². The van der Waals surface area contributed by atoms with Gasteiger partial charge in [-0.3, -0.25) is 9.48 Å². The van der Waals surface area contributed by atoms with E-state index in [1.807, 2.05) is 0 Å². The molecule has 2 aromatic heterocycles. The first kappa shape index (κ1) is 20.1. The number of hydrogen-bond acceptors (Lipinski definition) is 7. The summed E-state index contributed by atoms with van der Waals surface area (Å²) in [6, 6.07) is 7.24. The predicted molar refractivity (Wildman–Crippen MR) is 106 cm³/mol. The highest BCUT2D eigenvalue weighted by molar-refractivity contribution is 6.10. The lowest BCUT2D eigenvalue weighted by atomic mass is 10.1. The van der Waals surface area contributed by atoms with Gasteiger partial charge in [0.2, 0.25) is 5.78 Å². The monoisotopic (exact) mass is 410 g/mol. The Labute approximate surface area is 172 Å². The third-order valence-electron chi connectivity index (χ3n) is 5.19. The van der Waals surface area contributed by atoms with Gasteiger partial charge in [0.1, 0.15) is 29.8 Å². The van der Waals surface area contributed by atoms with E-state index in [1.54, 1.807) is 29.1 Å². The summed E-state index contributed by atoms with van der Waals surface area (Å²) in [5, 5.41) is 27.4. The zero-order chi connectivity index (χ0) is 21.3. The van der Waals surface area contributed by atoms with Crippen LogP contribution in [0.1, 0.15) is 28.0 Å². The van der Waals surface area contributed by atoms with Gasteiger partial charge in [0.05, 0.1) is 24.3 Å². The molecule has 3 aromatic rings. The molecular weight excluding hydrogens is 389 g/mol. The van der Waals surface area contributed by atoms with Crippen LogP contribution in [0, 0.1) is 18.7 Å². The van der Waals surface area contributed by atoms with Crippen LogP contribution in [0.5, 0.6) is 0 Å². The van der Waals surface area contributed by atoms with Crippen LogP contribution >= 0.6 is 0 Å². The summed E-state index contributed by atoms with van der Waals surface area (Å²) in [4.78, 5) is 21.0. The molecule has 0 aliphatic heterocycles. The average molecular weight is 410 g/mol. The number of anilines is 1. The van der Waals surface area contributed by atoms with Gasteiger partial charge in [-0.15, -0.1) is 0 Å². The van der Waals surface area contributed by atoms with Crippen molar-refractivity contribution in [3.8, 4) is 0 Å². The number of benzene rings is 1. The lowest BCUT2D eigenvalue weighted by Gasteiger charge is -2.19. The van der Waals surface area contributed by atoms with Crippen LogP contribution in [-0.4, -0.2) is 54.0 Å². The molecule has 3 N–H and O–H groups in total. The minimum atomic E-state index is -1.02. The molecule has 0 amide bonds. The third-order valence-corrected chi connectivity index (χ3v) is 5.19. The van der Waals surface area contributed by atoms with Crippen molar-refractivity contribution < 1.29 is 19.4 Å². The molecule has 9 heteroatoms. The highest BCUT2D eigenvalue weighted by Crippen LogP contribution is 2.29. The summed E-state index contributed by atoms with van der Waals surface area (Å²) in [5.74, 6) is -0.802. The minimum absolute atomic E-state index is 0.186. The predicted octanol–water partition coefficient (Wildman–Crippen LogP) is 1.45. The van der Waals surface area contributed by atoms with Crippen LogP contribution in [0.3, 0.4) is 0 Å². The van der Waals surface area contributed by atoms with E-state index in [0.29, 0.717) is 13.0 Å². The molecule has 2 heterocycles. The lowest BCUT2D eigenvalue weighted by Crippen LogP contribution is -2.35. The smallest absolute Gasteiger partial charge is 0.218 e. The number of halogens is 1. The third kappa shape index (κ3) is 4.07. The van der Waals surface area contributed by atoms with Crippen LogP contribution in [0.2, 0.25) is 0 Å². The number of aromatic nitrogens is 4. The maximum atomic E-state index is 13.4. The summed E-state index contributed by atoms with van der Waals surface area (Å²) in [6.07, 6.45) is 2.78. The Morgan fingerprint density at radius 3 is 2.87 bits per heavy atom. The number of nitrogens with zero attached hydrogens (tertiary/aromatic N) is 4. The molecule has 0 saturated heterocycles. The number of aliphatic hydroxyl groups excluding tert-OH is 2. The summed E-state index contributed by atoms with van der Waals surface area (Å²) < 4.78 is 14.9. The molecule has 1 aromatic carbocycles. The zero-order valence-corrected chi connectivity index (χ0v) is 16.0. The van der Waals surface area contributed by atoms with Gasteiger partial charge in [-0.1, -0.05) is 12.1 Å². The molecule has 4 atom stereocenters. The van der Waals surface area contributed by atoms with Crippen LogP contribution in [0.25, 0.3) is 0 Å². The second-order valence-corrected chi connectivity index (χ2v) is 7.37. The molecule has 155 valence electrons. The number of nitrogens with one attached hydrogen (secondary N) is 1. The Morgan fingerprint density at radius 2 is 2.13 bits per heavy atom. The van der Waals surface area contributed by atoms with Crippen molar-refractivity contribution in [1.29, 1.82) is 0 Å². The van der Waals surface area contributed by atoms with E-state index >= 15 is 0 Å². The van der Waals surface area contributed by atoms with Gasteiger partial charge in [0, 0.05) is 12.4 Å². The second-order valence-electron chi connectivity index (χ2n) is 7.37. The van der Waals surface area contributed by atoms with Crippen molar-refractivity contribution in [2.75, 3.05) is 5.32 Å². The Kier molecular flexibility index (Phi) is 5.56. The minimum Gasteiger partial charge on any atom is -0.390 e. The first-order valence-electron chi connectivity index (χ1n) is 9.50. The first-order valence-corrected chi connectivity index (χ1v) is 9.50. The van der Waals surface area contributed by atoms with Gasteiger partial charge in [-0.25, -0.2) is 14.4 Å². The van der Waals surface area contributed by atoms with Crippen molar-refractivity contribution >= 4 is 11.6 Å². The summed E-state index contributed by atoms with van der Waals surface area (Å²) >= 11 is 0. The normalized spacial score (nSPS) is 23.5. The molecule has 1 saturated carbocycles. The number of carbonyl (C=O) groups is 1. The molecule has 0 bridgehead atoms. The fraction of sp³-hybridized carbons (Fsp3) is 0.286. The van der Waals surface area contributed by atoms with E-state index < -0.39 is 24.0 Å². The molecule has 4 rings (SSSR count). The Morgan fingerprint density at radius 1 is 1.30 bits per heavy atom. The number of carbonyl (C=O) groups excluding carboxylic acids is 1. The second kappa shape index (κ2) is 8.29. The van der Waals surface area contributed by atoms with E-state index in [0.717, 1.165) is 5.56 Å². The fourth-order valence-corrected chi connectivity index (χ4v) is 3.58. The topological polar surface area (TPSA) is 113 Å². The maximum absolute atomic E-state index is 13.4. The Bertz CT molecular complexity index is 1060. The largest absolute Gasteiger partial charge is 0.390 e. The van der Waals surface area contributed by atoms with E-state index in [-0.39, 0.29) is 28.8 Å². The number of aliphatic hydroxyl groups is 2. The molecule has 8 nitrogen and oxygen atoms in total. The molecule has 0 unspecified atom stereocenters. The molecule has 0 spiro atoms. The first-order chi connectivity index (χ1) is 14.4. The van der Waals surface area contributed by atoms with Crippen molar-refractivity contribution in [1.82, 2.24) is 19.7 Å². The number of hydrogen-bond donors (Lipinski definition) is 3. The van der Waals surface area contributed by atoms with Gasteiger partial charge in [-0.2, -0.15) is 5.10 Å². The lowest BCUT2D eigenvalue weighted by molar-refractivity contribution is 0.0256. The molecule has 1 aliphatic carbocycles. The maximum Gasteiger partial charge on any atom is 0.218 e. The quantitative estimate of drug-likeness (QED) is 0.527. The fourth-order valence-electron chi connectivity index (χ4n) is 3.58. The van der Waals surface area contributed by atoms with Crippen molar-refractivity contribution in [2.24, 2.45) is 5.92 Å². The highest BCUT2D eigenvalue weighted by atomic mass is 19.1. The number of rotatable bonds is 6. The molecule has 1 fully saturated rings. The van der Waals surface area contributed by atoms with Crippen LogP contribution < -0.4 is 5.32 Å². The highest BCUT2D eigenvalue weighted by Gasteiger charge is 2.39. The van der Waals surface area contributed by atoms with E-state index in [4.69, 9.17) is 0 Å². The molecule has 1 radical (unpaired) electrons. The SMILES string of the molecule is [CH2][C@@H]1C[C@@H](Nc2ncncc2C(=O)c2ccn(Cc3cccc(F)c3)n2)[C@H](O)[C@@H]1O. The van der Waals surface area contributed by atoms with Gasteiger partial charge >= 0.3 is 0 Å². The van der Waals surface area contributed by atoms with E-state index in [1.165, 1.54) is 24.7 Å². The van der Waals surface area contributed by atoms with Crippen molar-refractivity contribution in [3.63, 3.8) is 0 Å². The van der Waals surface area contributed by atoms with Crippen molar-refractivity contribution in [3.05, 3.63) is 78.6 Å². The molecule has 1 aliphatic rings. The van der Waals surface area contributed by atoms with Gasteiger partial charge in [-0.05, 0) is 43.0 Å². The van der Waals surface area contributed by atoms with E-state index in [2.05, 4.69) is 27.3 Å². The summed E-state index contributed by atoms with van der Waals surface area (Å²) in [6.45, 7) is 4.14. The van der Waals surface area contributed by atoms with Gasteiger partial charge in [0.15, 0.2) is 0 Å². The van der Waals surface area contributed by atoms with Crippen LogP contribution in [-0.2, 0) is 6.54 Å². The van der Waals surface area contributed by atoms with Crippen LogP contribution in [0.4, 0.5) is 10.2 Å². The molecular formula is C21H21FN5O3. The summed E-state index contributed by atoms with van der Waals surface area (Å²) in [5.41, 5.74) is 1.10.